The first kappa shape index (κ1) is 88.5. The zero-order valence-electron chi connectivity index (χ0n) is 84.8. The van der Waals surface area contributed by atoms with Crippen LogP contribution in [-0.2, 0) is 0 Å². The van der Waals surface area contributed by atoms with E-state index >= 15 is 0 Å². The molecule has 714 valence electrons. The Morgan fingerprint density at radius 3 is 0.944 bits per heavy atom. The van der Waals surface area contributed by atoms with Crippen LogP contribution in [0.5, 0.6) is 46.0 Å². The van der Waals surface area contributed by atoms with Crippen molar-refractivity contribution in [2.75, 3.05) is 26.2 Å². The van der Waals surface area contributed by atoms with Gasteiger partial charge in [-0.3, -0.25) is 0 Å². The van der Waals surface area contributed by atoms with Crippen molar-refractivity contribution in [2.24, 2.45) is 64.1 Å². The molecule has 12 atom stereocenters. The molecule has 0 N–H and O–H groups in total. The van der Waals surface area contributed by atoms with Crippen LogP contribution >= 0.6 is 0 Å². The largest absolute Gasteiger partial charge is 0.456 e. The normalized spacial score (nSPS) is 25.9. The number of nitrogens with zero attached hydrogens (tertiary/aromatic N) is 2. The number of para-hydroxylation sites is 4. The molecule has 16 aromatic carbocycles. The fraction of sp³-hybridized carbons (Fsp3) is 0.398. The van der Waals surface area contributed by atoms with Crippen LogP contribution in [0.1, 0.15) is 208 Å². The minimum Gasteiger partial charge on any atom is -0.456 e. The maximum atomic E-state index is 6.45. The van der Waals surface area contributed by atoms with E-state index in [0.717, 1.165) is 148 Å². The average Bonchev–Trinajstić information content (AvgIpc) is 1.58. The summed E-state index contributed by atoms with van der Waals surface area (Å²) in [6.07, 6.45) is 38.8. The summed E-state index contributed by atoms with van der Waals surface area (Å²) in [6.45, 7) is 20.3. The minimum atomic E-state index is 0.409. The van der Waals surface area contributed by atoms with Gasteiger partial charge in [0.25, 0.3) is 0 Å². The van der Waals surface area contributed by atoms with Gasteiger partial charge in [0.15, 0.2) is 20.1 Å². The van der Waals surface area contributed by atoms with Gasteiger partial charge < -0.3 is 28.6 Å². The van der Waals surface area contributed by atoms with Crippen LogP contribution in [0.3, 0.4) is 0 Å². The van der Waals surface area contributed by atoms with Crippen molar-refractivity contribution in [2.45, 2.75) is 243 Å². The van der Waals surface area contributed by atoms with E-state index in [-0.39, 0.29) is 0 Å². The summed E-state index contributed by atoms with van der Waals surface area (Å²) >= 11 is 0. The summed E-state index contributed by atoms with van der Waals surface area (Å²) in [5.74, 6) is 21.5. The molecular weight excluding hydrogens is 1730 g/mol. The summed E-state index contributed by atoms with van der Waals surface area (Å²) in [5.41, 5.74) is 17.5. The molecule has 143 heavy (non-hydrogen) atoms. The molecule has 16 aromatic rings. The molecule has 18 aliphatic rings. The molecule has 0 aromatic heterocycles. The van der Waals surface area contributed by atoms with Crippen LogP contribution < -0.4 is 40.8 Å². The van der Waals surface area contributed by atoms with Gasteiger partial charge in [-0.15, -0.1) is 0 Å². The SMILES string of the molecule is CC1C(B(c2ccc3cc4c5c(cccc5c3c2)Oc2ccccc2-4)C2CC3CC(C2)C3(C)C)CC2CC1C2(C)C.c1ccc2c(c1)Oc1cccc3c1c-2cc1ccc(B(C2CC4CCC2C4)C2CC4CCC2C4)cc13.c1ccc2c(c1)Oc1cccc3c1c-2cc1ccc(B(C2CCCCC2)C2CCCCC2)cc13.c1ccc2c(c1)Oc1cccc3c1c-2cc1ccc(B(N2CCCC2)N2CCCC2)cc13. The van der Waals surface area contributed by atoms with Crippen LogP contribution in [0.25, 0.3) is 131 Å². The third-order valence-corrected chi connectivity index (χ3v) is 41.9. The highest BCUT2D eigenvalue weighted by Gasteiger charge is 2.62. The zero-order valence-corrected chi connectivity index (χ0v) is 84.8. The fourth-order valence-corrected chi connectivity index (χ4v) is 34.7. The average molecular weight is 1870 g/mol. The predicted octanol–water partition coefficient (Wildman–Crippen LogP) is 34.0. The van der Waals surface area contributed by atoms with E-state index in [1.807, 2.05) is 6.07 Å². The number of benzene rings is 16. The lowest BCUT2D eigenvalue weighted by atomic mass is 9.21. The summed E-state index contributed by atoms with van der Waals surface area (Å²) in [4.78, 5) is 5.41. The van der Waals surface area contributed by atoms with Crippen molar-refractivity contribution in [3.63, 3.8) is 0 Å². The summed E-state index contributed by atoms with van der Waals surface area (Å²) < 4.78 is 25.5. The molecule has 2 saturated heterocycles. The van der Waals surface area contributed by atoms with E-state index in [2.05, 4.69) is 305 Å². The second-order valence-corrected chi connectivity index (χ2v) is 49.4. The van der Waals surface area contributed by atoms with Crippen LogP contribution in [-0.4, -0.2) is 62.9 Å². The van der Waals surface area contributed by atoms with E-state index in [0.29, 0.717) is 24.5 Å². The van der Waals surface area contributed by atoms with Gasteiger partial charge in [-0.1, -0.05) is 402 Å². The molecular formula is C133H136B4N2O4. The molecule has 6 aliphatic heterocycles. The van der Waals surface area contributed by atoms with Crippen molar-refractivity contribution in [3.05, 3.63) is 267 Å². The van der Waals surface area contributed by atoms with Crippen molar-refractivity contribution >= 4 is 135 Å². The van der Waals surface area contributed by atoms with Gasteiger partial charge in [-0.05, 0) is 307 Å². The topological polar surface area (TPSA) is 43.4 Å². The summed E-state index contributed by atoms with van der Waals surface area (Å²) in [5, 5.41) is 21.4. The Hall–Kier alpha value is -11.0. The van der Waals surface area contributed by atoms with Gasteiger partial charge >= 0.3 is 6.98 Å². The first-order chi connectivity index (χ1) is 70.2. The molecule has 12 saturated carbocycles. The van der Waals surface area contributed by atoms with Crippen LogP contribution in [0.4, 0.5) is 0 Å². The molecule has 10 heteroatoms. The Labute approximate surface area is 848 Å². The van der Waals surface area contributed by atoms with Crippen molar-refractivity contribution < 1.29 is 18.9 Å². The third-order valence-electron chi connectivity index (χ3n) is 41.9. The third kappa shape index (κ3) is 14.7. The molecule has 6 heterocycles. The Morgan fingerprint density at radius 1 is 0.252 bits per heavy atom. The minimum absolute atomic E-state index is 0.409. The number of ether oxygens (including phenoxy) is 4. The second-order valence-electron chi connectivity index (χ2n) is 49.4. The number of hydrogen-bond donors (Lipinski definition) is 0. The first-order valence-corrected chi connectivity index (χ1v) is 56.8. The fourth-order valence-electron chi connectivity index (χ4n) is 34.7. The van der Waals surface area contributed by atoms with Gasteiger partial charge in [0.05, 0.1) is 0 Å². The van der Waals surface area contributed by atoms with E-state index < -0.39 is 0 Å². The lowest BCUT2D eigenvalue weighted by molar-refractivity contribution is -0.100. The maximum absolute atomic E-state index is 6.45. The number of hydrogen-bond acceptors (Lipinski definition) is 6. The van der Waals surface area contributed by atoms with Crippen molar-refractivity contribution in [1.82, 2.24) is 9.62 Å². The van der Waals surface area contributed by atoms with Gasteiger partial charge in [0, 0.05) is 43.8 Å². The molecule has 12 aliphatic carbocycles. The molecule has 0 radical (unpaired) electrons. The smallest absolute Gasteiger partial charge is 0.346 e. The van der Waals surface area contributed by atoms with Gasteiger partial charge in [-0.2, -0.15) is 0 Å². The van der Waals surface area contributed by atoms with E-state index in [9.17, 15) is 0 Å². The van der Waals surface area contributed by atoms with E-state index in [1.165, 1.54) is 336 Å². The molecule has 34 rings (SSSR count). The Bertz CT molecular complexity index is 7710. The van der Waals surface area contributed by atoms with E-state index in [4.69, 9.17) is 18.9 Å². The Morgan fingerprint density at radius 2 is 0.594 bits per heavy atom. The van der Waals surface area contributed by atoms with Crippen LogP contribution in [0.15, 0.2) is 267 Å². The second kappa shape index (κ2) is 35.1. The Kier molecular flexibility index (Phi) is 21.7. The molecule has 14 fully saturated rings. The molecule has 0 spiro atoms. The lowest BCUT2D eigenvalue weighted by Crippen LogP contribution is -2.60. The van der Waals surface area contributed by atoms with Gasteiger partial charge in [0.2, 0.25) is 0 Å². The predicted molar refractivity (Wildman–Crippen MR) is 604 cm³/mol. The highest BCUT2D eigenvalue weighted by molar-refractivity contribution is 6.77. The summed E-state index contributed by atoms with van der Waals surface area (Å²) in [7, 11) is 0. The van der Waals surface area contributed by atoms with Crippen LogP contribution in [0.2, 0.25) is 34.9 Å². The molecule has 6 nitrogen and oxygen atoms in total. The van der Waals surface area contributed by atoms with Gasteiger partial charge in [-0.25, -0.2) is 0 Å². The quantitative estimate of drug-likeness (QED) is 0.0897. The van der Waals surface area contributed by atoms with E-state index in [1.54, 1.807) is 16.4 Å². The number of fused-ring (bicyclic) bond motifs is 24. The van der Waals surface area contributed by atoms with Crippen molar-refractivity contribution in [3.8, 4) is 90.5 Å². The number of rotatable bonds is 12. The summed E-state index contributed by atoms with van der Waals surface area (Å²) in [6, 6.07) is 99.9. The monoisotopic (exact) mass is 1870 g/mol. The van der Waals surface area contributed by atoms with Gasteiger partial charge in [0.1, 0.15) is 46.0 Å². The zero-order chi connectivity index (χ0) is 94.8. The lowest BCUT2D eigenvalue weighted by Gasteiger charge is -2.65. The highest BCUT2D eigenvalue weighted by Crippen LogP contribution is 2.70. The molecule has 12 unspecified atom stereocenters. The van der Waals surface area contributed by atoms with Crippen molar-refractivity contribution in [1.29, 1.82) is 0 Å². The molecule has 8 bridgehead atoms. The molecule has 0 amide bonds. The maximum Gasteiger partial charge on any atom is 0.346 e. The standard InChI is InChI=1S/C39H43BO.C34H33BO.C32H33BO.C28H27BN2O/c1-22-33-19-26(39(33,4)5)20-34(22)40(28-17-24-16-25(18-28)38(24,2)3)27-14-13-23-15-32-29-9-6-7-11-35(29)41-36-12-8-10-30(37(32)36)31(23)21-27;1-2-6-32-26(4-1)29-18-22-12-13-25(19-28(22)27-5-3-7-33(36-32)34(27)29)35(30-16-20-8-10-23(30)14-20)31-17-21-9-11-24(31)15-21;1-3-10-23(11-4-1)33(24-12-5-2-6-13-24)25-19-18-22-20-29-26-14-7-8-16-30(26)34-31-17-9-15-27(32(29)31)28(22)21-25;1-2-10-26-22(8-1)25-18-20-12-13-21(19-24(20)23-9-7-11-27(32-26)28(23)25)29(30-14-3-4-15-30)31-16-5-6-17-31/h6-15,21-22,24-26,28,33-34H,16-20H2,1-5H3;1-7,12-13,18-21,23-24,30-31H,8-11,14-17H2;7-9,14-21,23-24H,1-6,10-13H2;1-2,7-13,18-19H,3-6,14-17H2. The van der Waals surface area contributed by atoms with Crippen LogP contribution in [0, 0.1) is 64.1 Å². The Balaban J connectivity index is 0.0000000913. The highest BCUT2D eigenvalue weighted by atomic mass is 16.5. The first-order valence-electron chi connectivity index (χ1n) is 56.8.